The molecule has 3 aliphatic heterocycles. The Morgan fingerprint density at radius 2 is 1.42 bits per heavy atom. The Morgan fingerprint density at radius 3 is 2.05 bits per heavy atom. The standard InChI is InChI=1S/C35H45Cl3N4O17/c1-18(43)51-16-23-27(53-19(2)44)29(54-20(3)45)30(55-21(4)46)33(57-23)59-28-25(41-34(47)35(36,37)38)32(50-15-14-49-13-12-48-11-10-40-42-39)56-24-17-52-31(58-26(24)28)22-8-6-5-7-9-22/h5-9,23-33H,10-17H2,1-4H3,(H,41,47)/t23-,24-,25-,26-,27+,28-,29+,30-,31?,32-,33+/m1/s1. The van der Waals surface area contributed by atoms with E-state index in [0.717, 1.165) is 27.7 Å². The van der Waals surface area contributed by atoms with Crippen LogP contribution < -0.4 is 5.32 Å². The van der Waals surface area contributed by atoms with Gasteiger partial charge in [-0.1, -0.05) is 70.2 Å². The number of rotatable bonds is 19. The highest BCUT2D eigenvalue weighted by Crippen LogP contribution is 2.39. The predicted molar refractivity (Wildman–Crippen MR) is 199 cm³/mol. The molecular formula is C35H45Cl3N4O17. The summed E-state index contributed by atoms with van der Waals surface area (Å²) in [4.78, 5) is 65.4. The quantitative estimate of drug-likeness (QED) is 0.0398. The first kappa shape index (κ1) is 48.1. The van der Waals surface area contributed by atoms with E-state index in [0.29, 0.717) is 5.56 Å². The zero-order valence-electron chi connectivity index (χ0n) is 32.3. The van der Waals surface area contributed by atoms with Gasteiger partial charge in [0.1, 0.15) is 37.1 Å². The monoisotopic (exact) mass is 898 g/mol. The molecule has 3 fully saturated rings. The SMILES string of the molecule is CC(=O)OC[C@H]1O[C@@H](O[C@@H]2[C@@H](NC(=O)C(Cl)(Cl)Cl)[C@H](OCCOCCOCCN=[N+]=[N-])O[C@@H]3COC(c4ccccc4)O[C@@H]23)[C@H](OC(C)=O)[C@@H](OC(C)=O)[C@H]1OC(C)=O. The van der Waals surface area contributed by atoms with Crippen LogP contribution in [-0.2, 0) is 80.8 Å². The highest BCUT2D eigenvalue weighted by molar-refractivity contribution is 6.76. The maximum Gasteiger partial charge on any atom is 0.303 e. The second kappa shape index (κ2) is 23.4. The molecule has 1 amide bonds. The Hall–Kier alpha value is -3.57. The number of azide groups is 1. The first-order valence-electron chi connectivity index (χ1n) is 18.2. The van der Waals surface area contributed by atoms with Gasteiger partial charge in [0.2, 0.25) is 0 Å². The van der Waals surface area contributed by atoms with E-state index in [9.17, 15) is 24.0 Å². The molecule has 0 spiro atoms. The topological polar surface area (TPSA) is 257 Å². The van der Waals surface area contributed by atoms with E-state index in [1.54, 1.807) is 30.3 Å². The van der Waals surface area contributed by atoms with Gasteiger partial charge in [0, 0.05) is 44.7 Å². The van der Waals surface area contributed by atoms with Gasteiger partial charge >= 0.3 is 23.9 Å². The number of amides is 1. The van der Waals surface area contributed by atoms with Gasteiger partial charge in [-0.25, -0.2) is 0 Å². The molecule has 1 aromatic rings. The number of fused-ring (bicyclic) bond motifs is 1. The van der Waals surface area contributed by atoms with Gasteiger partial charge in [-0.15, -0.1) is 0 Å². The highest BCUT2D eigenvalue weighted by Gasteiger charge is 2.58. The first-order valence-corrected chi connectivity index (χ1v) is 19.3. The number of nitrogens with one attached hydrogen (secondary N) is 1. The smallest absolute Gasteiger partial charge is 0.303 e. The molecule has 1 aromatic carbocycles. The van der Waals surface area contributed by atoms with Gasteiger partial charge in [-0.2, -0.15) is 0 Å². The maximum atomic E-state index is 13.4. The summed E-state index contributed by atoms with van der Waals surface area (Å²) in [5, 5.41) is 5.97. The number of halogens is 3. The summed E-state index contributed by atoms with van der Waals surface area (Å²) >= 11 is 18.0. The normalized spacial score (nSPS) is 29.2. The molecule has 1 unspecified atom stereocenters. The molecule has 328 valence electrons. The van der Waals surface area contributed by atoms with Gasteiger partial charge in [0.25, 0.3) is 9.70 Å². The van der Waals surface area contributed by atoms with E-state index >= 15 is 0 Å². The largest absolute Gasteiger partial charge is 0.463 e. The van der Waals surface area contributed by atoms with E-state index in [1.165, 1.54) is 0 Å². The van der Waals surface area contributed by atoms with Crippen LogP contribution in [0, 0.1) is 0 Å². The van der Waals surface area contributed by atoms with Gasteiger partial charge in [0.05, 0.1) is 39.6 Å². The fraction of sp³-hybridized carbons (Fsp3) is 0.686. The van der Waals surface area contributed by atoms with E-state index < -0.39 is 108 Å². The molecule has 11 atom stereocenters. The Balaban J connectivity index is 1.72. The molecule has 0 radical (unpaired) electrons. The first-order chi connectivity index (χ1) is 28.1. The Kier molecular flexibility index (Phi) is 19.1. The molecule has 0 aliphatic carbocycles. The second-order valence-corrected chi connectivity index (χ2v) is 15.2. The molecule has 59 heavy (non-hydrogen) atoms. The van der Waals surface area contributed by atoms with Crippen LogP contribution in [-0.4, -0.2) is 148 Å². The van der Waals surface area contributed by atoms with Crippen molar-refractivity contribution in [1.82, 2.24) is 5.32 Å². The lowest BCUT2D eigenvalue weighted by molar-refractivity contribution is -0.378. The molecule has 4 rings (SSSR count). The lowest BCUT2D eigenvalue weighted by atomic mass is 9.94. The average molecular weight is 900 g/mol. The number of carbonyl (C=O) groups excluding carboxylic acids is 5. The minimum absolute atomic E-state index is 0.00703. The molecule has 0 bridgehead atoms. The second-order valence-electron chi connectivity index (χ2n) is 12.9. The third-order valence-corrected chi connectivity index (χ3v) is 9.00. The Morgan fingerprint density at radius 1 is 0.797 bits per heavy atom. The Labute approximate surface area is 353 Å². The molecule has 21 nitrogen and oxygen atoms in total. The van der Waals surface area contributed by atoms with E-state index in [1.807, 2.05) is 0 Å². The summed E-state index contributed by atoms with van der Waals surface area (Å²) in [5.74, 6) is -4.45. The summed E-state index contributed by atoms with van der Waals surface area (Å²) < 4.78 is 67.9. The molecule has 3 heterocycles. The number of alkyl halides is 3. The van der Waals surface area contributed by atoms with Gasteiger partial charge < -0.3 is 62.2 Å². The lowest BCUT2D eigenvalue weighted by Gasteiger charge is -2.51. The zero-order valence-corrected chi connectivity index (χ0v) is 34.6. The third-order valence-electron chi connectivity index (χ3n) is 8.49. The van der Waals surface area contributed by atoms with Crippen molar-refractivity contribution in [2.75, 3.05) is 52.8 Å². The Bertz CT molecular complexity index is 1620. The molecule has 3 aliphatic rings. The number of hydrogen-bond acceptors (Lipinski definition) is 18. The van der Waals surface area contributed by atoms with Gasteiger partial charge in [-0.3, -0.25) is 24.0 Å². The zero-order chi connectivity index (χ0) is 43.1. The highest BCUT2D eigenvalue weighted by atomic mass is 35.6. The summed E-state index contributed by atoms with van der Waals surface area (Å²) in [6, 6.07) is 7.42. The number of ether oxygens (including phenoxy) is 12. The van der Waals surface area contributed by atoms with Crippen molar-refractivity contribution in [2.45, 2.75) is 99.1 Å². The summed E-state index contributed by atoms with van der Waals surface area (Å²) in [5.41, 5.74) is 8.99. The minimum atomic E-state index is -2.51. The summed E-state index contributed by atoms with van der Waals surface area (Å²) in [6.45, 7) is 4.27. The van der Waals surface area contributed by atoms with Crippen LogP contribution in [0.4, 0.5) is 0 Å². The molecule has 1 N–H and O–H groups in total. The van der Waals surface area contributed by atoms with Crippen molar-refractivity contribution in [3.05, 3.63) is 46.3 Å². The van der Waals surface area contributed by atoms with Crippen molar-refractivity contribution in [3.8, 4) is 0 Å². The number of hydrogen-bond donors (Lipinski definition) is 1. The van der Waals surface area contributed by atoms with Crippen molar-refractivity contribution >= 4 is 64.6 Å². The van der Waals surface area contributed by atoms with Crippen LogP contribution in [0.25, 0.3) is 10.4 Å². The summed E-state index contributed by atoms with van der Waals surface area (Å²) in [6.07, 6.45) is -13.8. The van der Waals surface area contributed by atoms with Crippen molar-refractivity contribution in [1.29, 1.82) is 0 Å². The number of esters is 4. The van der Waals surface area contributed by atoms with Crippen LogP contribution in [0.1, 0.15) is 39.5 Å². The third kappa shape index (κ3) is 14.8. The van der Waals surface area contributed by atoms with Crippen LogP contribution in [0.2, 0.25) is 0 Å². The van der Waals surface area contributed by atoms with Crippen LogP contribution in [0.3, 0.4) is 0 Å². The number of benzene rings is 1. The minimum Gasteiger partial charge on any atom is -0.463 e. The maximum absolute atomic E-state index is 13.4. The number of nitrogens with zero attached hydrogens (tertiary/aromatic N) is 3. The fourth-order valence-electron chi connectivity index (χ4n) is 6.19. The van der Waals surface area contributed by atoms with Crippen LogP contribution in [0.15, 0.2) is 35.4 Å². The van der Waals surface area contributed by atoms with Crippen molar-refractivity contribution in [2.24, 2.45) is 5.11 Å². The molecule has 0 aromatic heterocycles. The van der Waals surface area contributed by atoms with Crippen LogP contribution in [0.5, 0.6) is 0 Å². The van der Waals surface area contributed by atoms with E-state index in [-0.39, 0.29) is 46.2 Å². The van der Waals surface area contributed by atoms with Crippen LogP contribution >= 0.6 is 34.8 Å². The molecular weight excluding hydrogens is 855 g/mol. The van der Waals surface area contributed by atoms with Gasteiger partial charge in [0.15, 0.2) is 37.2 Å². The van der Waals surface area contributed by atoms with E-state index in [2.05, 4.69) is 15.3 Å². The molecule has 24 heteroatoms. The molecule has 0 saturated carbocycles. The van der Waals surface area contributed by atoms with Crippen molar-refractivity contribution in [3.63, 3.8) is 0 Å². The number of carbonyl (C=O) groups is 5. The lowest BCUT2D eigenvalue weighted by Crippen LogP contribution is -2.70. The fourth-order valence-corrected chi connectivity index (χ4v) is 6.35. The van der Waals surface area contributed by atoms with Crippen molar-refractivity contribution < 1.29 is 80.8 Å². The predicted octanol–water partition coefficient (Wildman–Crippen LogP) is 2.51. The summed E-state index contributed by atoms with van der Waals surface area (Å²) in [7, 11) is 0. The van der Waals surface area contributed by atoms with Gasteiger partial charge in [-0.05, 0) is 5.53 Å². The van der Waals surface area contributed by atoms with E-state index in [4.69, 9.17) is 97.2 Å². The average Bonchev–Trinajstić information content (AvgIpc) is 3.17. The molecule has 3 saturated heterocycles.